The Labute approximate surface area is 120 Å². The van der Waals surface area contributed by atoms with Crippen LogP contribution < -0.4 is 11.5 Å². The van der Waals surface area contributed by atoms with Gasteiger partial charge in [-0.05, 0) is 42.9 Å². The minimum atomic E-state index is -0.617. The smallest absolute Gasteiger partial charge is 0.313 e. The van der Waals surface area contributed by atoms with Gasteiger partial charge in [-0.15, -0.1) is 0 Å². The summed E-state index contributed by atoms with van der Waals surface area (Å²) in [5, 5.41) is 0. The van der Waals surface area contributed by atoms with Crippen LogP contribution in [0.15, 0.2) is 18.2 Å². The summed E-state index contributed by atoms with van der Waals surface area (Å²) < 4.78 is 5.03. The van der Waals surface area contributed by atoms with Crippen molar-refractivity contribution in [3.63, 3.8) is 0 Å². The molecular weight excluding hydrogens is 252 g/mol. The lowest BCUT2D eigenvalue weighted by Gasteiger charge is -2.30. The van der Waals surface area contributed by atoms with Gasteiger partial charge in [0, 0.05) is 12.2 Å². The average Bonchev–Trinajstić information content (AvgIpc) is 3.26. The van der Waals surface area contributed by atoms with E-state index in [9.17, 15) is 4.79 Å². The van der Waals surface area contributed by atoms with E-state index in [1.807, 2.05) is 25.1 Å². The molecule has 1 fully saturated rings. The monoisotopic (exact) mass is 276 g/mol. The number of benzene rings is 1. The van der Waals surface area contributed by atoms with E-state index in [0.29, 0.717) is 18.9 Å². The number of rotatable bonds is 6. The van der Waals surface area contributed by atoms with Crippen LogP contribution in [0.5, 0.6) is 0 Å². The van der Waals surface area contributed by atoms with Crippen LogP contribution in [0.2, 0.25) is 0 Å². The highest BCUT2D eigenvalue weighted by Gasteiger charge is 2.43. The van der Waals surface area contributed by atoms with Crippen LogP contribution in [0.4, 0.5) is 5.69 Å². The van der Waals surface area contributed by atoms with Crippen molar-refractivity contribution in [2.45, 2.75) is 32.6 Å². The lowest BCUT2D eigenvalue weighted by molar-refractivity contribution is -0.153. The van der Waals surface area contributed by atoms with Gasteiger partial charge < -0.3 is 16.2 Å². The number of carbonyl (C=O) groups excluding carboxylic acids is 1. The molecule has 1 aromatic rings. The summed E-state index contributed by atoms with van der Waals surface area (Å²) in [6.07, 6.45) is 3.79. The van der Waals surface area contributed by atoms with Gasteiger partial charge in [-0.25, -0.2) is 0 Å². The van der Waals surface area contributed by atoms with Crippen LogP contribution >= 0.6 is 0 Å². The molecule has 4 heteroatoms. The summed E-state index contributed by atoms with van der Waals surface area (Å²) in [5.74, 6) is 0.410. The second kappa shape index (κ2) is 5.83. The fourth-order valence-corrected chi connectivity index (χ4v) is 2.82. The molecule has 0 spiro atoms. The quantitative estimate of drug-likeness (QED) is 0.615. The van der Waals surface area contributed by atoms with Crippen LogP contribution in [-0.2, 0) is 16.0 Å². The molecule has 1 unspecified atom stereocenters. The third kappa shape index (κ3) is 2.96. The van der Waals surface area contributed by atoms with Gasteiger partial charge in [0.2, 0.25) is 0 Å². The molecule has 1 saturated carbocycles. The lowest BCUT2D eigenvalue weighted by Crippen LogP contribution is -2.42. The van der Waals surface area contributed by atoms with Crippen molar-refractivity contribution in [3.8, 4) is 0 Å². The Morgan fingerprint density at radius 2 is 2.15 bits per heavy atom. The Morgan fingerprint density at radius 3 is 2.70 bits per heavy atom. The molecule has 0 radical (unpaired) electrons. The van der Waals surface area contributed by atoms with Crippen LogP contribution in [-0.4, -0.2) is 19.6 Å². The first kappa shape index (κ1) is 14.9. The van der Waals surface area contributed by atoms with Crippen molar-refractivity contribution in [2.75, 3.05) is 19.4 Å². The van der Waals surface area contributed by atoms with E-state index >= 15 is 0 Å². The molecule has 1 atom stereocenters. The van der Waals surface area contributed by atoms with Crippen molar-refractivity contribution in [2.24, 2.45) is 17.1 Å². The number of hydrogen-bond donors (Lipinski definition) is 2. The summed E-state index contributed by atoms with van der Waals surface area (Å²) in [7, 11) is 1.44. The third-order valence-electron chi connectivity index (χ3n) is 4.40. The highest BCUT2D eigenvalue weighted by Crippen LogP contribution is 2.42. The van der Waals surface area contributed by atoms with Crippen molar-refractivity contribution < 1.29 is 9.53 Å². The maximum Gasteiger partial charge on any atom is 0.313 e. The summed E-state index contributed by atoms with van der Waals surface area (Å²) in [6.45, 7) is 2.30. The number of ether oxygens (including phenoxy) is 1. The third-order valence-corrected chi connectivity index (χ3v) is 4.40. The predicted octanol–water partition coefficient (Wildman–Crippen LogP) is 2.04. The first-order chi connectivity index (χ1) is 9.52. The van der Waals surface area contributed by atoms with Gasteiger partial charge in [-0.3, -0.25) is 4.79 Å². The Bertz CT molecular complexity index is 497. The zero-order valence-electron chi connectivity index (χ0n) is 12.3. The highest BCUT2D eigenvalue weighted by molar-refractivity contribution is 5.77. The van der Waals surface area contributed by atoms with Gasteiger partial charge in [0.15, 0.2) is 0 Å². The predicted molar refractivity (Wildman–Crippen MR) is 80.1 cm³/mol. The molecule has 0 bridgehead atoms. The zero-order chi connectivity index (χ0) is 14.8. The normalized spacial score (nSPS) is 17.6. The van der Waals surface area contributed by atoms with Crippen molar-refractivity contribution in [3.05, 3.63) is 29.3 Å². The van der Waals surface area contributed by atoms with Gasteiger partial charge >= 0.3 is 5.97 Å². The van der Waals surface area contributed by atoms with Gasteiger partial charge in [-0.2, -0.15) is 0 Å². The van der Waals surface area contributed by atoms with Gasteiger partial charge in [0.1, 0.15) is 0 Å². The number of nitrogen functional groups attached to an aromatic ring is 1. The van der Waals surface area contributed by atoms with E-state index in [2.05, 4.69) is 0 Å². The topological polar surface area (TPSA) is 78.3 Å². The van der Waals surface area contributed by atoms with Crippen LogP contribution in [0.25, 0.3) is 0 Å². The minimum Gasteiger partial charge on any atom is -0.469 e. The molecule has 110 valence electrons. The number of nitrogens with two attached hydrogens (primary N) is 2. The van der Waals surface area contributed by atoms with E-state index < -0.39 is 5.41 Å². The Morgan fingerprint density at radius 1 is 1.45 bits per heavy atom. The summed E-state index contributed by atoms with van der Waals surface area (Å²) in [5.41, 5.74) is 14.2. The van der Waals surface area contributed by atoms with Crippen LogP contribution in [0.1, 0.15) is 30.4 Å². The maximum absolute atomic E-state index is 12.3. The minimum absolute atomic E-state index is 0.200. The second-order valence-electron chi connectivity index (χ2n) is 5.93. The first-order valence-electron chi connectivity index (χ1n) is 7.15. The van der Waals surface area contributed by atoms with Gasteiger partial charge in [-0.1, -0.05) is 25.0 Å². The Kier molecular flexibility index (Phi) is 4.33. The number of anilines is 1. The first-order valence-corrected chi connectivity index (χ1v) is 7.15. The number of hydrogen-bond acceptors (Lipinski definition) is 4. The molecule has 0 saturated heterocycles. The highest BCUT2D eigenvalue weighted by atomic mass is 16.5. The number of carbonyl (C=O) groups is 1. The molecule has 4 N–H and O–H groups in total. The molecule has 1 aromatic carbocycles. The van der Waals surface area contributed by atoms with E-state index in [1.54, 1.807) is 0 Å². The molecule has 0 amide bonds. The molecule has 20 heavy (non-hydrogen) atoms. The molecule has 0 aliphatic heterocycles. The molecule has 0 aromatic heterocycles. The molecule has 0 heterocycles. The van der Waals surface area contributed by atoms with E-state index in [0.717, 1.165) is 23.2 Å². The van der Waals surface area contributed by atoms with Crippen molar-refractivity contribution >= 4 is 11.7 Å². The number of esters is 1. The standard InChI is InChI=1S/C16H24N2O2/c1-11-13(4-3-5-14(11)18)9-16(10-17,15(19)20-2)8-12-6-7-12/h3-5,12H,6-10,17-18H2,1-2H3. The molecule has 1 aliphatic rings. The van der Waals surface area contributed by atoms with Gasteiger partial charge in [0.25, 0.3) is 0 Å². The summed E-state index contributed by atoms with van der Waals surface area (Å²) >= 11 is 0. The summed E-state index contributed by atoms with van der Waals surface area (Å²) in [6, 6.07) is 5.82. The largest absolute Gasteiger partial charge is 0.469 e. The van der Waals surface area contributed by atoms with Gasteiger partial charge in [0.05, 0.1) is 12.5 Å². The molecular formula is C16H24N2O2. The lowest BCUT2D eigenvalue weighted by atomic mass is 9.76. The van der Waals surface area contributed by atoms with Crippen molar-refractivity contribution in [1.82, 2.24) is 0 Å². The second-order valence-corrected chi connectivity index (χ2v) is 5.93. The average molecular weight is 276 g/mol. The molecule has 2 rings (SSSR count). The van der Waals surface area contributed by atoms with Crippen LogP contribution in [0.3, 0.4) is 0 Å². The summed E-state index contributed by atoms with van der Waals surface area (Å²) in [4.78, 5) is 12.3. The molecule has 4 nitrogen and oxygen atoms in total. The Hall–Kier alpha value is -1.55. The molecule has 1 aliphatic carbocycles. The van der Waals surface area contributed by atoms with E-state index in [1.165, 1.54) is 20.0 Å². The van der Waals surface area contributed by atoms with Crippen LogP contribution in [0, 0.1) is 18.3 Å². The van der Waals surface area contributed by atoms with E-state index in [4.69, 9.17) is 16.2 Å². The fraction of sp³-hybridized carbons (Fsp3) is 0.562. The number of methoxy groups -OCH3 is 1. The maximum atomic E-state index is 12.3. The van der Waals surface area contributed by atoms with E-state index in [-0.39, 0.29) is 5.97 Å². The zero-order valence-corrected chi connectivity index (χ0v) is 12.3. The van der Waals surface area contributed by atoms with Crippen molar-refractivity contribution in [1.29, 1.82) is 0 Å². The SMILES string of the molecule is COC(=O)C(CN)(Cc1cccc(N)c1C)CC1CC1. The Balaban J connectivity index is 2.30. The fourth-order valence-electron chi connectivity index (χ4n) is 2.82.